The molecule has 0 bridgehead atoms. The standard InChI is InChI=1S/C18H21N3O6/c1-10(18(25)26)27-8-7-19-13-4-2-3-11-12(13)9-21(17(11)24)14-5-6-15(22)20-16(14)23/h2-4,10,14,19H,5-9H2,1H3,(H,25,26)(H,20,22,23). The molecule has 3 rings (SSSR count). The van der Waals surface area contributed by atoms with Crippen molar-refractivity contribution in [2.45, 2.75) is 38.5 Å². The highest BCUT2D eigenvalue weighted by atomic mass is 16.5. The number of amides is 3. The van der Waals surface area contributed by atoms with Crippen LogP contribution < -0.4 is 10.6 Å². The molecule has 1 aromatic rings. The molecule has 9 heteroatoms. The predicted octanol–water partition coefficient (Wildman–Crippen LogP) is 0.349. The lowest BCUT2D eigenvalue weighted by Gasteiger charge is -2.29. The Bertz CT molecular complexity index is 793. The molecule has 2 aliphatic rings. The van der Waals surface area contributed by atoms with E-state index < -0.39 is 24.0 Å². The van der Waals surface area contributed by atoms with Crippen LogP contribution in [0.2, 0.25) is 0 Å². The largest absolute Gasteiger partial charge is 0.479 e. The third kappa shape index (κ3) is 3.92. The Balaban J connectivity index is 1.66. The van der Waals surface area contributed by atoms with E-state index in [1.807, 2.05) is 6.07 Å². The molecule has 1 saturated heterocycles. The van der Waals surface area contributed by atoms with Gasteiger partial charge in [-0.25, -0.2) is 4.79 Å². The van der Waals surface area contributed by atoms with Crippen molar-refractivity contribution in [2.24, 2.45) is 0 Å². The lowest BCUT2D eigenvalue weighted by molar-refractivity contribution is -0.148. The molecular formula is C18H21N3O6. The van der Waals surface area contributed by atoms with Gasteiger partial charge in [0.15, 0.2) is 6.10 Å². The van der Waals surface area contributed by atoms with Gasteiger partial charge >= 0.3 is 5.97 Å². The highest BCUT2D eigenvalue weighted by Gasteiger charge is 2.39. The van der Waals surface area contributed by atoms with E-state index in [0.29, 0.717) is 18.5 Å². The number of hydrogen-bond acceptors (Lipinski definition) is 6. The minimum Gasteiger partial charge on any atom is -0.479 e. The van der Waals surface area contributed by atoms with Crippen LogP contribution in [0.5, 0.6) is 0 Å². The van der Waals surface area contributed by atoms with Crippen LogP contribution in [0.25, 0.3) is 0 Å². The number of aliphatic carboxylic acids is 1. The van der Waals surface area contributed by atoms with Crippen LogP contribution in [0.4, 0.5) is 5.69 Å². The summed E-state index contributed by atoms with van der Waals surface area (Å²) >= 11 is 0. The summed E-state index contributed by atoms with van der Waals surface area (Å²) in [6.07, 6.45) is -0.368. The number of hydrogen-bond donors (Lipinski definition) is 3. The van der Waals surface area contributed by atoms with Crippen LogP contribution in [-0.2, 0) is 25.7 Å². The van der Waals surface area contributed by atoms with E-state index in [1.165, 1.54) is 11.8 Å². The number of benzene rings is 1. The third-order valence-corrected chi connectivity index (χ3v) is 4.72. The van der Waals surface area contributed by atoms with E-state index >= 15 is 0 Å². The zero-order valence-electron chi connectivity index (χ0n) is 14.9. The summed E-state index contributed by atoms with van der Waals surface area (Å²) < 4.78 is 5.18. The Morgan fingerprint density at radius 3 is 2.89 bits per heavy atom. The van der Waals surface area contributed by atoms with Gasteiger partial charge in [-0.1, -0.05) is 6.07 Å². The van der Waals surface area contributed by atoms with Crippen LogP contribution in [-0.4, -0.2) is 59.0 Å². The summed E-state index contributed by atoms with van der Waals surface area (Å²) in [7, 11) is 0. The minimum atomic E-state index is -1.03. The van der Waals surface area contributed by atoms with Gasteiger partial charge in [-0.15, -0.1) is 0 Å². The number of nitrogens with zero attached hydrogens (tertiary/aromatic N) is 1. The number of anilines is 1. The Hall–Kier alpha value is -2.94. The SMILES string of the molecule is CC(OCCNc1cccc2c1CN(C1CCC(=O)NC1=O)C2=O)C(=O)O. The fourth-order valence-corrected chi connectivity index (χ4v) is 3.24. The van der Waals surface area contributed by atoms with Gasteiger partial charge in [-0.05, 0) is 25.5 Å². The van der Waals surface area contributed by atoms with Gasteiger partial charge < -0.3 is 20.1 Å². The lowest BCUT2D eigenvalue weighted by atomic mass is 10.0. The van der Waals surface area contributed by atoms with Gasteiger partial charge in [0.2, 0.25) is 11.8 Å². The zero-order chi connectivity index (χ0) is 19.6. The van der Waals surface area contributed by atoms with Crippen LogP contribution in [0.1, 0.15) is 35.7 Å². The summed E-state index contributed by atoms with van der Waals surface area (Å²) in [6.45, 7) is 2.30. The number of nitrogens with one attached hydrogen (secondary N) is 2. The molecule has 27 heavy (non-hydrogen) atoms. The van der Waals surface area contributed by atoms with E-state index in [0.717, 1.165) is 11.3 Å². The summed E-state index contributed by atoms with van der Waals surface area (Å²) in [5.41, 5.74) is 2.03. The summed E-state index contributed by atoms with van der Waals surface area (Å²) in [5, 5.41) is 14.2. The second kappa shape index (κ2) is 7.75. The average molecular weight is 375 g/mol. The van der Waals surface area contributed by atoms with Crippen molar-refractivity contribution >= 4 is 29.4 Å². The number of rotatable bonds is 7. The van der Waals surface area contributed by atoms with E-state index in [2.05, 4.69) is 10.6 Å². The molecule has 0 spiro atoms. The molecule has 1 fully saturated rings. The first-order valence-corrected chi connectivity index (χ1v) is 8.73. The van der Waals surface area contributed by atoms with Gasteiger partial charge in [-0.2, -0.15) is 0 Å². The lowest BCUT2D eigenvalue weighted by Crippen LogP contribution is -2.52. The Morgan fingerprint density at radius 1 is 1.41 bits per heavy atom. The number of carbonyl (C=O) groups excluding carboxylic acids is 3. The molecule has 3 N–H and O–H groups in total. The summed E-state index contributed by atoms with van der Waals surface area (Å²) in [6, 6.07) is 4.61. The maximum absolute atomic E-state index is 12.7. The van der Waals surface area contributed by atoms with Crippen LogP contribution in [0.3, 0.4) is 0 Å². The van der Waals surface area contributed by atoms with Crippen LogP contribution in [0.15, 0.2) is 18.2 Å². The molecule has 0 aliphatic carbocycles. The van der Waals surface area contributed by atoms with Gasteiger partial charge in [0.05, 0.1) is 6.61 Å². The number of imide groups is 1. The number of carboxylic acid groups (broad SMARTS) is 1. The predicted molar refractivity (Wildman–Crippen MR) is 94.0 cm³/mol. The molecular weight excluding hydrogens is 354 g/mol. The van der Waals surface area contributed by atoms with Crippen LogP contribution >= 0.6 is 0 Å². The van der Waals surface area contributed by atoms with Gasteiger partial charge in [0.25, 0.3) is 5.91 Å². The molecule has 0 aromatic heterocycles. The normalized spacial score (nSPS) is 20.3. The molecule has 144 valence electrons. The minimum absolute atomic E-state index is 0.196. The Kier molecular flexibility index (Phi) is 5.41. The topological polar surface area (TPSA) is 125 Å². The van der Waals surface area contributed by atoms with E-state index in [4.69, 9.17) is 9.84 Å². The molecule has 2 aliphatic heterocycles. The summed E-state index contributed by atoms with van der Waals surface area (Å²) in [5.74, 6) is -2.03. The van der Waals surface area contributed by atoms with Gasteiger partial charge in [0.1, 0.15) is 6.04 Å². The second-order valence-corrected chi connectivity index (χ2v) is 6.51. The van der Waals surface area contributed by atoms with Gasteiger partial charge in [0, 0.05) is 36.3 Å². The van der Waals surface area contributed by atoms with Crippen molar-refractivity contribution < 1.29 is 29.0 Å². The molecule has 9 nitrogen and oxygen atoms in total. The van der Waals surface area contributed by atoms with E-state index in [-0.39, 0.29) is 31.4 Å². The molecule has 0 radical (unpaired) electrons. The fraction of sp³-hybridized carbons (Fsp3) is 0.444. The number of ether oxygens (including phenoxy) is 1. The molecule has 2 heterocycles. The Labute approximate surface area is 155 Å². The number of carboxylic acids is 1. The maximum Gasteiger partial charge on any atom is 0.332 e. The van der Waals surface area contributed by atoms with Crippen molar-refractivity contribution in [3.63, 3.8) is 0 Å². The Morgan fingerprint density at radius 2 is 2.19 bits per heavy atom. The molecule has 0 saturated carbocycles. The monoisotopic (exact) mass is 375 g/mol. The second-order valence-electron chi connectivity index (χ2n) is 6.51. The van der Waals surface area contributed by atoms with Gasteiger partial charge in [-0.3, -0.25) is 19.7 Å². The smallest absolute Gasteiger partial charge is 0.332 e. The summed E-state index contributed by atoms with van der Waals surface area (Å²) in [4.78, 5) is 48.4. The highest BCUT2D eigenvalue weighted by Crippen LogP contribution is 2.32. The van der Waals surface area contributed by atoms with E-state index in [1.54, 1.807) is 12.1 Å². The molecule has 2 unspecified atom stereocenters. The highest BCUT2D eigenvalue weighted by molar-refractivity contribution is 6.06. The van der Waals surface area contributed by atoms with Crippen molar-refractivity contribution in [2.75, 3.05) is 18.5 Å². The number of piperidine rings is 1. The average Bonchev–Trinajstić information content (AvgIpc) is 2.96. The quantitative estimate of drug-likeness (QED) is 0.464. The van der Waals surface area contributed by atoms with Crippen molar-refractivity contribution in [3.05, 3.63) is 29.3 Å². The van der Waals surface area contributed by atoms with Crippen LogP contribution in [0, 0.1) is 0 Å². The first kappa shape index (κ1) is 18.8. The van der Waals surface area contributed by atoms with Crippen molar-refractivity contribution in [1.29, 1.82) is 0 Å². The molecule has 1 aromatic carbocycles. The van der Waals surface area contributed by atoms with E-state index in [9.17, 15) is 19.2 Å². The fourth-order valence-electron chi connectivity index (χ4n) is 3.24. The van der Waals surface area contributed by atoms with Crippen molar-refractivity contribution in [3.8, 4) is 0 Å². The zero-order valence-corrected chi connectivity index (χ0v) is 14.9. The van der Waals surface area contributed by atoms with Crippen molar-refractivity contribution in [1.82, 2.24) is 10.2 Å². The number of carbonyl (C=O) groups is 4. The number of fused-ring (bicyclic) bond motifs is 1. The maximum atomic E-state index is 12.7. The first-order valence-electron chi connectivity index (χ1n) is 8.73. The molecule has 2 atom stereocenters. The third-order valence-electron chi connectivity index (χ3n) is 4.72. The molecule has 3 amide bonds. The first-order chi connectivity index (χ1) is 12.9.